The second-order valence-corrected chi connectivity index (χ2v) is 10.7. The van der Waals surface area contributed by atoms with Crippen LogP contribution in [0.3, 0.4) is 0 Å². The summed E-state index contributed by atoms with van der Waals surface area (Å²) in [6, 6.07) is -0.154. The minimum atomic E-state index is -4.91. The van der Waals surface area contributed by atoms with Gasteiger partial charge < -0.3 is 36.5 Å². The molecule has 122 valence electrons. The average Bonchev–Trinajstić information content (AvgIpc) is 2.17. The normalized spacial score (nSPS) is 24.1. The fraction of sp³-hybridized carbons (Fsp3) is 1.00. The maximum Gasteiger partial charge on any atom is 0.343 e. The van der Waals surface area contributed by atoms with E-state index in [-0.39, 0.29) is 24.9 Å². The molecule has 1 fully saturated rings. The Kier molecular flexibility index (Phi) is 6.52. The SMILES string of the molecule is CC(CC1CCCC[N+]1(C)C)(P(=O)(O)O)P(=O)(O)O.[Cl-]. The molecule has 1 saturated heterocycles. The Morgan fingerprint density at radius 3 is 1.90 bits per heavy atom. The van der Waals surface area contributed by atoms with E-state index in [0.717, 1.165) is 32.7 Å². The molecule has 0 aromatic rings. The Bertz CT molecular complexity index is 409. The first-order valence-electron chi connectivity index (χ1n) is 6.25. The van der Waals surface area contributed by atoms with Crippen LogP contribution in [0, 0.1) is 0 Å². The number of likely N-dealkylation sites (tertiary alicyclic amines) is 1. The smallest absolute Gasteiger partial charge is 0.343 e. The van der Waals surface area contributed by atoms with Gasteiger partial charge in [-0.15, -0.1) is 0 Å². The molecule has 7 nitrogen and oxygen atoms in total. The van der Waals surface area contributed by atoms with Gasteiger partial charge in [-0.3, -0.25) is 9.13 Å². The highest BCUT2D eigenvalue weighted by Gasteiger charge is 2.58. The summed E-state index contributed by atoms with van der Waals surface area (Å²) in [4.78, 5) is 35.2. The number of halogens is 1. The second-order valence-electron chi connectivity index (χ2n) is 6.16. The first kappa shape index (κ1) is 20.6. The molecule has 0 bridgehead atoms. The largest absolute Gasteiger partial charge is 1.00 e. The van der Waals surface area contributed by atoms with E-state index in [2.05, 4.69) is 0 Å². The molecular weight excluding hydrogens is 328 g/mol. The lowest BCUT2D eigenvalue weighted by molar-refractivity contribution is -0.920. The van der Waals surface area contributed by atoms with Crippen LogP contribution in [0.2, 0.25) is 0 Å². The monoisotopic (exact) mass is 351 g/mol. The number of hydrogen-bond acceptors (Lipinski definition) is 2. The molecule has 4 N–H and O–H groups in total. The number of hydrogen-bond donors (Lipinski definition) is 4. The van der Waals surface area contributed by atoms with Gasteiger partial charge >= 0.3 is 15.2 Å². The molecule has 20 heavy (non-hydrogen) atoms. The van der Waals surface area contributed by atoms with Gasteiger partial charge in [0.05, 0.1) is 26.7 Å². The fourth-order valence-electron chi connectivity index (χ4n) is 2.63. The van der Waals surface area contributed by atoms with Crippen LogP contribution in [0.5, 0.6) is 0 Å². The van der Waals surface area contributed by atoms with Gasteiger partial charge in [-0.25, -0.2) is 0 Å². The first-order valence-corrected chi connectivity index (χ1v) is 9.48. The van der Waals surface area contributed by atoms with Crippen molar-refractivity contribution in [2.45, 2.75) is 43.5 Å². The highest BCUT2D eigenvalue weighted by Crippen LogP contribution is 2.71. The Hall–Kier alpha value is 0.550. The standard InChI is InChI=1S/C10H23NO6P2.ClH/c1-10(18(12,13)14,19(15,16)17)8-9-6-4-5-7-11(9,2)3;/h9H,4-8H2,1-3H3,(H3-,12,13,14,15,16,17);1H. The third kappa shape index (κ3) is 4.05. The average molecular weight is 352 g/mol. The number of piperidine rings is 1. The van der Waals surface area contributed by atoms with E-state index in [9.17, 15) is 28.7 Å². The van der Waals surface area contributed by atoms with Crippen LogP contribution < -0.4 is 12.4 Å². The van der Waals surface area contributed by atoms with Crippen molar-refractivity contribution in [2.24, 2.45) is 0 Å². The van der Waals surface area contributed by atoms with Gasteiger partial charge in [0.1, 0.15) is 0 Å². The topological polar surface area (TPSA) is 115 Å². The van der Waals surface area contributed by atoms with E-state index in [0.29, 0.717) is 4.48 Å². The van der Waals surface area contributed by atoms with Crippen LogP contribution in [0.25, 0.3) is 0 Å². The van der Waals surface area contributed by atoms with Gasteiger partial charge in [-0.2, -0.15) is 0 Å². The predicted molar refractivity (Wildman–Crippen MR) is 71.7 cm³/mol. The van der Waals surface area contributed by atoms with Crippen molar-refractivity contribution in [3.8, 4) is 0 Å². The molecule has 0 aliphatic carbocycles. The Morgan fingerprint density at radius 2 is 1.55 bits per heavy atom. The van der Waals surface area contributed by atoms with Crippen molar-refractivity contribution in [2.75, 3.05) is 20.6 Å². The summed E-state index contributed by atoms with van der Waals surface area (Å²) in [5, 5.41) is 0. The van der Waals surface area contributed by atoms with E-state index in [1.165, 1.54) is 0 Å². The summed E-state index contributed by atoms with van der Waals surface area (Å²) in [7, 11) is -5.94. The van der Waals surface area contributed by atoms with Crippen LogP contribution in [0.1, 0.15) is 32.6 Å². The van der Waals surface area contributed by atoms with Crippen molar-refractivity contribution in [1.29, 1.82) is 0 Å². The lowest BCUT2D eigenvalue weighted by Crippen LogP contribution is -3.00. The van der Waals surface area contributed by atoms with Crippen molar-refractivity contribution >= 4 is 15.2 Å². The Labute approximate surface area is 125 Å². The van der Waals surface area contributed by atoms with Gasteiger partial charge in [0.25, 0.3) is 0 Å². The summed E-state index contributed by atoms with van der Waals surface area (Å²) in [6.07, 6.45) is 2.49. The molecule has 1 unspecified atom stereocenters. The molecule has 0 aromatic heterocycles. The molecule has 0 amide bonds. The van der Waals surface area contributed by atoms with Crippen molar-refractivity contribution in [1.82, 2.24) is 0 Å². The molecule has 0 saturated carbocycles. The highest BCUT2D eigenvalue weighted by molar-refractivity contribution is 7.72. The van der Waals surface area contributed by atoms with Gasteiger partial charge in [0.2, 0.25) is 0 Å². The molecule has 10 heteroatoms. The summed E-state index contributed by atoms with van der Waals surface area (Å²) in [6.45, 7) is 1.85. The first-order chi connectivity index (χ1) is 8.31. The minimum Gasteiger partial charge on any atom is -1.00 e. The van der Waals surface area contributed by atoms with Crippen LogP contribution >= 0.6 is 15.2 Å². The van der Waals surface area contributed by atoms with Crippen molar-refractivity contribution in [3.05, 3.63) is 0 Å². The zero-order chi connectivity index (χ0) is 15.1. The second kappa shape index (κ2) is 6.35. The third-order valence-electron chi connectivity index (χ3n) is 4.39. The lowest BCUT2D eigenvalue weighted by atomic mass is 9.96. The van der Waals surface area contributed by atoms with Crippen molar-refractivity contribution in [3.63, 3.8) is 0 Å². The van der Waals surface area contributed by atoms with E-state index < -0.39 is 20.1 Å². The predicted octanol–water partition coefficient (Wildman–Crippen LogP) is -1.92. The molecule has 1 atom stereocenters. The fourth-order valence-corrected chi connectivity index (χ4v) is 4.89. The molecule has 1 aliphatic rings. The van der Waals surface area contributed by atoms with Crippen LogP contribution in [-0.4, -0.2) is 55.6 Å². The minimum absolute atomic E-state index is 0. The van der Waals surface area contributed by atoms with Crippen LogP contribution in [0.15, 0.2) is 0 Å². The quantitative estimate of drug-likeness (QED) is 0.347. The number of rotatable bonds is 4. The van der Waals surface area contributed by atoms with Crippen LogP contribution in [0.4, 0.5) is 0 Å². The summed E-state index contributed by atoms with van der Waals surface area (Å²) in [5.41, 5.74) is 0. The Morgan fingerprint density at radius 1 is 1.10 bits per heavy atom. The third-order valence-corrected chi connectivity index (χ3v) is 8.83. The summed E-state index contributed by atoms with van der Waals surface area (Å²) in [5.74, 6) is 0. The maximum absolute atomic E-state index is 11.6. The highest BCUT2D eigenvalue weighted by atomic mass is 35.5. The molecule has 1 aliphatic heterocycles. The van der Waals surface area contributed by atoms with E-state index in [4.69, 9.17) is 0 Å². The molecule has 0 aromatic carbocycles. The number of nitrogens with zero attached hydrogens (tertiary/aromatic N) is 1. The molecule has 1 rings (SSSR count). The summed E-state index contributed by atoms with van der Waals surface area (Å²) >= 11 is 0. The molecule has 0 radical (unpaired) electrons. The van der Waals surface area contributed by atoms with E-state index in [1.807, 2.05) is 14.1 Å². The van der Waals surface area contributed by atoms with Gasteiger partial charge in [-0.1, -0.05) is 0 Å². The number of quaternary nitrogens is 1. The molecule has 1 heterocycles. The zero-order valence-corrected chi connectivity index (χ0v) is 14.5. The molecular formula is C10H24ClNO6P2. The van der Waals surface area contributed by atoms with Gasteiger partial charge in [-0.05, 0) is 26.2 Å². The maximum atomic E-state index is 11.6. The van der Waals surface area contributed by atoms with Crippen LogP contribution in [-0.2, 0) is 9.13 Å². The zero-order valence-electron chi connectivity index (χ0n) is 11.9. The summed E-state index contributed by atoms with van der Waals surface area (Å²) < 4.78 is 23.7. The van der Waals surface area contributed by atoms with Crippen molar-refractivity contribution < 1.29 is 45.6 Å². The van der Waals surface area contributed by atoms with E-state index in [1.54, 1.807) is 0 Å². The Balaban J connectivity index is 0.00000361. The van der Waals surface area contributed by atoms with E-state index >= 15 is 0 Å². The lowest BCUT2D eigenvalue weighted by Gasteiger charge is -2.45. The van der Waals surface area contributed by atoms with Gasteiger partial charge in [0.15, 0.2) is 4.90 Å². The van der Waals surface area contributed by atoms with Gasteiger partial charge in [0, 0.05) is 6.42 Å². The molecule has 0 spiro atoms.